The average Bonchev–Trinajstić information content (AvgIpc) is 2.72. The Bertz CT molecular complexity index is 980. The van der Waals surface area contributed by atoms with Gasteiger partial charge in [0.25, 0.3) is 0 Å². The Morgan fingerprint density at radius 2 is 1.15 bits per heavy atom. The highest BCUT2D eigenvalue weighted by molar-refractivity contribution is 6.04. The van der Waals surface area contributed by atoms with Crippen LogP contribution in [0, 0.1) is 0 Å². The van der Waals surface area contributed by atoms with Gasteiger partial charge in [-0.3, -0.25) is 4.99 Å². The second kappa shape index (κ2) is 8.33. The topological polar surface area (TPSA) is 38.4 Å². The van der Waals surface area contributed by atoms with Crippen molar-refractivity contribution in [2.24, 2.45) is 10.7 Å². The molecule has 3 aromatic carbocycles. The van der Waals surface area contributed by atoms with Crippen LogP contribution in [0.5, 0.6) is 0 Å². The molecule has 3 aromatic rings. The second-order valence-corrected chi connectivity index (χ2v) is 6.51. The van der Waals surface area contributed by atoms with Crippen molar-refractivity contribution in [2.75, 3.05) is 0 Å². The van der Waals surface area contributed by atoms with Crippen LogP contribution in [0.1, 0.15) is 36.1 Å². The van der Waals surface area contributed by atoms with E-state index in [2.05, 4.69) is 49.9 Å². The summed E-state index contributed by atoms with van der Waals surface area (Å²) in [5, 5.41) is 0. The number of hydrogen-bond acceptors (Lipinski definition) is 2. The minimum absolute atomic E-state index is 0.570. The smallest absolute Gasteiger partial charge is 0.0740 e. The first-order valence-electron chi connectivity index (χ1n) is 8.98. The Hall–Kier alpha value is -3.39. The van der Waals surface area contributed by atoms with Crippen LogP contribution in [0.25, 0.3) is 17.0 Å². The molecule has 2 nitrogen and oxygen atoms in total. The molecule has 0 saturated heterocycles. The third kappa shape index (κ3) is 4.42. The van der Waals surface area contributed by atoms with E-state index in [-0.39, 0.29) is 0 Å². The average molecular weight is 352 g/mol. The van der Waals surface area contributed by atoms with Crippen LogP contribution in [0.15, 0.2) is 96.5 Å². The maximum absolute atomic E-state index is 5.77. The number of nitrogens with two attached hydrogens (primary N) is 1. The molecule has 0 atom stereocenters. The lowest BCUT2D eigenvalue weighted by Crippen LogP contribution is -1.99. The predicted molar refractivity (Wildman–Crippen MR) is 117 cm³/mol. The highest BCUT2D eigenvalue weighted by atomic mass is 14.8. The first-order chi connectivity index (χ1) is 13.1. The number of allylic oxidation sites excluding steroid dienone is 1. The Balaban J connectivity index is 2.08. The molecule has 0 amide bonds. The van der Waals surface area contributed by atoms with Crippen LogP contribution in [0.2, 0.25) is 0 Å². The SMILES string of the molecule is C=C(N)c1ccc(/C(C)=N/C(=C(\C)c2ccccc2)c2ccccc2)cc1. The third-order valence-electron chi connectivity index (χ3n) is 4.56. The molecule has 0 aliphatic heterocycles. The minimum Gasteiger partial charge on any atom is -0.399 e. The Labute approximate surface area is 161 Å². The molecule has 0 bridgehead atoms. The quantitative estimate of drug-likeness (QED) is 0.443. The van der Waals surface area contributed by atoms with Crippen LogP contribution < -0.4 is 5.73 Å². The molecule has 0 aliphatic rings. The van der Waals surface area contributed by atoms with E-state index in [1.807, 2.05) is 55.5 Å². The molecule has 134 valence electrons. The summed E-state index contributed by atoms with van der Waals surface area (Å²) in [5.74, 6) is 0. The highest BCUT2D eigenvalue weighted by Crippen LogP contribution is 2.28. The molecule has 0 aliphatic carbocycles. The van der Waals surface area contributed by atoms with Gasteiger partial charge in [0.15, 0.2) is 0 Å². The summed E-state index contributed by atoms with van der Waals surface area (Å²) in [7, 11) is 0. The van der Waals surface area contributed by atoms with Gasteiger partial charge in [0.1, 0.15) is 0 Å². The Morgan fingerprint density at radius 3 is 1.67 bits per heavy atom. The van der Waals surface area contributed by atoms with E-state index in [1.54, 1.807) is 0 Å². The van der Waals surface area contributed by atoms with E-state index in [0.29, 0.717) is 5.70 Å². The van der Waals surface area contributed by atoms with Gasteiger partial charge >= 0.3 is 0 Å². The largest absolute Gasteiger partial charge is 0.399 e. The lowest BCUT2D eigenvalue weighted by Gasteiger charge is -2.11. The van der Waals surface area contributed by atoms with Gasteiger partial charge in [-0.05, 0) is 36.1 Å². The maximum atomic E-state index is 5.77. The van der Waals surface area contributed by atoms with Gasteiger partial charge in [0.2, 0.25) is 0 Å². The number of aliphatic imine (C=N–C) groups is 1. The van der Waals surface area contributed by atoms with Crippen molar-refractivity contribution in [1.29, 1.82) is 0 Å². The molecule has 2 heteroatoms. The van der Waals surface area contributed by atoms with Gasteiger partial charge < -0.3 is 5.73 Å². The zero-order chi connectivity index (χ0) is 19.2. The molecule has 27 heavy (non-hydrogen) atoms. The summed E-state index contributed by atoms with van der Waals surface area (Å²) < 4.78 is 0. The first kappa shape index (κ1) is 18.4. The van der Waals surface area contributed by atoms with Gasteiger partial charge in [-0.2, -0.15) is 0 Å². The number of hydrogen-bond donors (Lipinski definition) is 1. The molecule has 0 heterocycles. The van der Waals surface area contributed by atoms with E-state index in [1.165, 1.54) is 5.56 Å². The van der Waals surface area contributed by atoms with Crippen LogP contribution in [0.3, 0.4) is 0 Å². The number of nitrogens with zero attached hydrogens (tertiary/aromatic N) is 1. The van der Waals surface area contributed by atoms with E-state index < -0.39 is 0 Å². The summed E-state index contributed by atoms with van der Waals surface area (Å²) in [6.45, 7) is 7.94. The summed E-state index contributed by atoms with van der Waals surface area (Å²) in [4.78, 5) is 5.01. The van der Waals surface area contributed by atoms with Crippen molar-refractivity contribution >= 4 is 22.7 Å². The van der Waals surface area contributed by atoms with Crippen LogP contribution in [-0.4, -0.2) is 5.71 Å². The second-order valence-electron chi connectivity index (χ2n) is 6.51. The number of benzene rings is 3. The molecule has 3 rings (SSSR count). The standard InChI is InChI=1S/C25H24N2/c1-18(21-10-6-4-7-11-21)25(24-12-8-5-9-13-24)27-20(3)23-16-14-22(15-17-23)19(2)26/h4-17H,2,26H2,1,3H3/b25-18+,27-20+. The highest BCUT2D eigenvalue weighted by Gasteiger charge is 2.08. The van der Waals surface area contributed by atoms with Crippen molar-refractivity contribution in [3.63, 3.8) is 0 Å². The van der Waals surface area contributed by atoms with E-state index in [9.17, 15) is 0 Å². The van der Waals surface area contributed by atoms with Crippen molar-refractivity contribution in [1.82, 2.24) is 0 Å². The zero-order valence-electron chi connectivity index (χ0n) is 15.8. The first-order valence-corrected chi connectivity index (χ1v) is 8.98. The van der Waals surface area contributed by atoms with E-state index in [4.69, 9.17) is 10.7 Å². The van der Waals surface area contributed by atoms with E-state index >= 15 is 0 Å². The lowest BCUT2D eigenvalue weighted by molar-refractivity contribution is 1.44. The summed E-state index contributed by atoms with van der Waals surface area (Å²) in [6.07, 6.45) is 0. The zero-order valence-corrected chi connectivity index (χ0v) is 15.8. The van der Waals surface area contributed by atoms with E-state index in [0.717, 1.165) is 33.7 Å². The molecule has 2 N–H and O–H groups in total. The summed E-state index contributed by atoms with van der Waals surface area (Å²) in [6, 6.07) is 28.7. The molecular formula is C25H24N2. The monoisotopic (exact) mass is 352 g/mol. The van der Waals surface area contributed by atoms with Crippen molar-refractivity contribution in [2.45, 2.75) is 13.8 Å². The van der Waals surface area contributed by atoms with Crippen LogP contribution in [0.4, 0.5) is 0 Å². The van der Waals surface area contributed by atoms with Crippen LogP contribution in [-0.2, 0) is 0 Å². The molecular weight excluding hydrogens is 328 g/mol. The van der Waals surface area contributed by atoms with Crippen molar-refractivity contribution < 1.29 is 0 Å². The van der Waals surface area contributed by atoms with Gasteiger partial charge in [-0.1, -0.05) is 91.5 Å². The van der Waals surface area contributed by atoms with Gasteiger partial charge in [0, 0.05) is 17.0 Å². The van der Waals surface area contributed by atoms with Crippen molar-refractivity contribution in [3.05, 3.63) is 114 Å². The number of rotatable bonds is 5. The fraction of sp³-hybridized carbons (Fsp3) is 0.0800. The predicted octanol–water partition coefficient (Wildman–Crippen LogP) is 6.01. The fourth-order valence-electron chi connectivity index (χ4n) is 2.94. The Kier molecular flexibility index (Phi) is 5.68. The molecule has 0 saturated carbocycles. The third-order valence-corrected chi connectivity index (χ3v) is 4.56. The summed E-state index contributed by atoms with van der Waals surface area (Å²) in [5.41, 5.74) is 13.7. The van der Waals surface area contributed by atoms with Gasteiger partial charge in [-0.25, -0.2) is 0 Å². The van der Waals surface area contributed by atoms with Gasteiger partial charge in [-0.15, -0.1) is 0 Å². The Morgan fingerprint density at radius 1 is 0.667 bits per heavy atom. The van der Waals surface area contributed by atoms with Crippen LogP contribution >= 0.6 is 0 Å². The molecule has 0 unspecified atom stereocenters. The maximum Gasteiger partial charge on any atom is 0.0740 e. The fourth-order valence-corrected chi connectivity index (χ4v) is 2.94. The molecule has 0 spiro atoms. The molecule has 0 fully saturated rings. The van der Waals surface area contributed by atoms with Crippen molar-refractivity contribution in [3.8, 4) is 0 Å². The summed E-state index contributed by atoms with van der Waals surface area (Å²) >= 11 is 0. The molecule has 0 aromatic heterocycles. The lowest BCUT2D eigenvalue weighted by atomic mass is 10.0. The van der Waals surface area contributed by atoms with Gasteiger partial charge in [0.05, 0.1) is 5.70 Å². The minimum atomic E-state index is 0.570. The normalized spacial score (nSPS) is 12.4. The molecule has 0 radical (unpaired) electrons.